The lowest BCUT2D eigenvalue weighted by Gasteiger charge is -2.32. The third-order valence-corrected chi connectivity index (χ3v) is 6.63. The Labute approximate surface area is 169 Å². The second kappa shape index (κ2) is 8.61. The lowest BCUT2D eigenvalue weighted by atomic mass is 9.73. The zero-order valence-electron chi connectivity index (χ0n) is 16.3. The molecule has 0 bridgehead atoms. The molecule has 0 amide bonds. The number of rotatable bonds is 2. The van der Waals surface area contributed by atoms with Gasteiger partial charge in [-0.1, -0.05) is 37.5 Å². The average molecular weight is 400 g/mol. The van der Waals surface area contributed by atoms with E-state index in [1.54, 1.807) is 0 Å². The van der Waals surface area contributed by atoms with E-state index in [-0.39, 0.29) is 17.0 Å². The van der Waals surface area contributed by atoms with Gasteiger partial charge in [0.25, 0.3) is 0 Å². The Hall–Kier alpha value is -2.28. The summed E-state index contributed by atoms with van der Waals surface area (Å²) >= 11 is 0. The molecule has 4 rings (SSSR count). The Kier molecular flexibility index (Phi) is 5.94. The maximum absolute atomic E-state index is 14.6. The Morgan fingerprint density at radius 3 is 1.86 bits per heavy atom. The van der Waals surface area contributed by atoms with Crippen LogP contribution in [0.1, 0.15) is 74.0 Å². The van der Waals surface area contributed by atoms with Crippen molar-refractivity contribution < 1.29 is 17.6 Å². The zero-order valence-corrected chi connectivity index (χ0v) is 16.3. The van der Waals surface area contributed by atoms with Crippen LogP contribution in [0.3, 0.4) is 0 Å². The Morgan fingerprint density at radius 2 is 1.24 bits per heavy atom. The van der Waals surface area contributed by atoms with Gasteiger partial charge in [-0.2, -0.15) is 0 Å². The van der Waals surface area contributed by atoms with Gasteiger partial charge in [0, 0.05) is 5.56 Å². The molecular formula is C25H24F4. The molecule has 0 nitrogen and oxygen atoms in total. The van der Waals surface area contributed by atoms with E-state index in [0.29, 0.717) is 5.56 Å². The predicted molar refractivity (Wildman–Crippen MR) is 105 cm³/mol. The minimum Gasteiger partial charge on any atom is -0.206 e. The molecule has 0 heterocycles. The fourth-order valence-electron chi connectivity index (χ4n) is 5.01. The summed E-state index contributed by atoms with van der Waals surface area (Å²) in [5.74, 6) is 3.31. The van der Waals surface area contributed by atoms with E-state index in [0.717, 1.165) is 49.7 Å². The van der Waals surface area contributed by atoms with Crippen molar-refractivity contribution in [3.8, 4) is 11.8 Å². The molecule has 2 saturated carbocycles. The molecule has 0 aromatic heterocycles. The van der Waals surface area contributed by atoms with Gasteiger partial charge in [-0.05, 0) is 79.3 Å². The summed E-state index contributed by atoms with van der Waals surface area (Å²) in [5.41, 5.74) is 0.526. The van der Waals surface area contributed by atoms with Gasteiger partial charge in [0.1, 0.15) is 11.6 Å². The third-order valence-electron chi connectivity index (χ3n) is 6.63. The fourth-order valence-corrected chi connectivity index (χ4v) is 5.01. The maximum Gasteiger partial charge on any atom is 0.160 e. The van der Waals surface area contributed by atoms with Crippen molar-refractivity contribution in [2.45, 2.75) is 57.3 Å². The summed E-state index contributed by atoms with van der Waals surface area (Å²) in [6.45, 7) is 0. The van der Waals surface area contributed by atoms with E-state index < -0.39 is 23.3 Å². The van der Waals surface area contributed by atoms with Crippen molar-refractivity contribution in [3.05, 3.63) is 70.3 Å². The minimum absolute atomic E-state index is 0.164. The second-order valence-electron chi connectivity index (χ2n) is 8.39. The summed E-state index contributed by atoms with van der Waals surface area (Å²) in [5, 5.41) is 0. The summed E-state index contributed by atoms with van der Waals surface area (Å²) in [4.78, 5) is 0. The second-order valence-corrected chi connectivity index (χ2v) is 8.39. The van der Waals surface area contributed by atoms with E-state index in [1.165, 1.54) is 43.9 Å². The van der Waals surface area contributed by atoms with Crippen molar-refractivity contribution in [2.75, 3.05) is 0 Å². The van der Waals surface area contributed by atoms with Crippen LogP contribution in [0, 0.1) is 46.9 Å². The topological polar surface area (TPSA) is 0 Å². The van der Waals surface area contributed by atoms with E-state index >= 15 is 0 Å². The molecule has 2 aromatic rings. The van der Waals surface area contributed by atoms with Gasteiger partial charge in [-0.3, -0.25) is 0 Å². The molecule has 152 valence electrons. The number of benzene rings is 2. The standard InChI is InChI=1S/C25H24F4/c26-22-12-6-16(13-25(22)29)5-11-21-23(27)14-20(15-24(21)28)19-9-7-18(8-10-19)17-3-1-2-4-17/h6,12-15,17-19H,1-4,7-10H2. The van der Waals surface area contributed by atoms with E-state index in [9.17, 15) is 17.6 Å². The predicted octanol–water partition coefficient (Wildman–Crippen LogP) is 7.11. The molecule has 2 fully saturated rings. The van der Waals surface area contributed by atoms with Crippen LogP contribution in [-0.4, -0.2) is 0 Å². The van der Waals surface area contributed by atoms with Crippen molar-refractivity contribution in [1.29, 1.82) is 0 Å². The van der Waals surface area contributed by atoms with Crippen LogP contribution in [0.15, 0.2) is 30.3 Å². The molecule has 0 radical (unpaired) electrons. The molecule has 29 heavy (non-hydrogen) atoms. The number of halogens is 4. The number of hydrogen-bond acceptors (Lipinski definition) is 0. The van der Waals surface area contributed by atoms with Crippen molar-refractivity contribution in [2.24, 2.45) is 11.8 Å². The van der Waals surface area contributed by atoms with Crippen LogP contribution in [0.4, 0.5) is 17.6 Å². The monoisotopic (exact) mass is 400 g/mol. The van der Waals surface area contributed by atoms with Crippen LogP contribution in [0.5, 0.6) is 0 Å². The SMILES string of the molecule is Fc1ccc(C#Cc2c(F)cc(C3CCC(C4CCCC4)CC3)cc2F)cc1F. The number of hydrogen-bond donors (Lipinski definition) is 0. The molecule has 0 atom stereocenters. The van der Waals surface area contributed by atoms with Gasteiger partial charge >= 0.3 is 0 Å². The van der Waals surface area contributed by atoms with E-state index in [2.05, 4.69) is 11.8 Å². The lowest BCUT2D eigenvalue weighted by molar-refractivity contribution is 0.235. The fraction of sp³-hybridized carbons (Fsp3) is 0.440. The minimum atomic E-state index is -1.04. The highest BCUT2D eigenvalue weighted by Crippen LogP contribution is 2.43. The van der Waals surface area contributed by atoms with Crippen molar-refractivity contribution >= 4 is 0 Å². The normalized spacial score (nSPS) is 22.3. The molecule has 0 aliphatic heterocycles. The first-order valence-electron chi connectivity index (χ1n) is 10.5. The Morgan fingerprint density at radius 1 is 0.621 bits per heavy atom. The Bertz CT molecular complexity index is 916. The van der Waals surface area contributed by atoms with Gasteiger partial charge in [0.15, 0.2) is 11.6 Å². The average Bonchev–Trinajstić information content (AvgIpc) is 3.25. The molecule has 0 unspecified atom stereocenters. The highest BCUT2D eigenvalue weighted by molar-refractivity contribution is 5.45. The first-order chi connectivity index (χ1) is 14.0. The summed E-state index contributed by atoms with van der Waals surface area (Å²) < 4.78 is 55.4. The van der Waals surface area contributed by atoms with E-state index in [1.807, 2.05) is 0 Å². The van der Waals surface area contributed by atoms with Gasteiger partial charge in [0.2, 0.25) is 0 Å². The van der Waals surface area contributed by atoms with Crippen molar-refractivity contribution in [3.63, 3.8) is 0 Å². The van der Waals surface area contributed by atoms with Gasteiger partial charge in [-0.25, -0.2) is 17.6 Å². The van der Waals surface area contributed by atoms with Gasteiger partial charge < -0.3 is 0 Å². The largest absolute Gasteiger partial charge is 0.206 e. The molecule has 2 aliphatic carbocycles. The molecular weight excluding hydrogens is 376 g/mol. The first kappa shape index (κ1) is 20.0. The molecule has 0 N–H and O–H groups in total. The molecule has 4 heteroatoms. The maximum atomic E-state index is 14.6. The van der Waals surface area contributed by atoms with Crippen LogP contribution in [0.25, 0.3) is 0 Å². The highest BCUT2D eigenvalue weighted by Gasteiger charge is 2.30. The zero-order chi connectivity index (χ0) is 20.4. The molecule has 0 spiro atoms. The summed E-state index contributed by atoms with van der Waals surface area (Å²) in [6.07, 6.45) is 9.57. The third kappa shape index (κ3) is 4.50. The molecule has 2 aliphatic rings. The van der Waals surface area contributed by atoms with Gasteiger partial charge in [0.05, 0.1) is 5.56 Å². The summed E-state index contributed by atoms with van der Waals surface area (Å²) in [7, 11) is 0. The smallest absolute Gasteiger partial charge is 0.160 e. The van der Waals surface area contributed by atoms with Crippen LogP contribution < -0.4 is 0 Å². The van der Waals surface area contributed by atoms with Crippen LogP contribution >= 0.6 is 0 Å². The molecule has 2 aromatic carbocycles. The van der Waals surface area contributed by atoms with Gasteiger partial charge in [-0.15, -0.1) is 0 Å². The first-order valence-corrected chi connectivity index (χ1v) is 10.5. The van der Waals surface area contributed by atoms with Crippen LogP contribution in [-0.2, 0) is 0 Å². The highest BCUT2D eigenvalue weighted by atomic mass is 19.2. The van der Waals surface area contributed by atoms with E-state index in [4.69, 9.17) is 0 Å². The quantitative estimate of drug-likeness (QED) is 0.372. The van der Waals surface area contributed by atoms with Crippen LogP contribution in [0.2, 0.25) is 0 Å². The van der Waals surface area contributed by atoms with Crippen molar-refractivity contribution in [1.82, 2.24) is 0 Å². The lowest BCUT2D eigenvalue weighted by Crippen LogP contribution is -2.19. The summed E-state index contributed by atoms with van der Waals surface area (Å²) in [6, 6.07) is 5.91. The molecule has 0 saturated heterocycles. The Balaban J connectivity index is 1.48.